The van der Waals surface area contributed by atoms with Crippen molar-refractivity contribution < 1.29 is 14.3 Å². The van der Waals surface area contributed by atoms with Gasteiger partial charge < -0.3 is 15.4 Å². The van der Waals surface area contributed by atoms with Crippen molar-refractivity contribution in [1.29, 1.82) is 5.26 Å². The van der Waals surface area contributed by atoms with Crippen LogP contribution in [-0.2, 0) is 9.53 Å². The predicted octanol–water partition coefficient (Wildman–Crippen LogP) is 2.81. The standard InChI is InChI=1S/C19H25N5O3/c1-11(2)21-17(26)27-13-4-3-12(5-13)14-6-15(24-23-14)22-16(25)19-7-18(8-19,9-19)10-20/h6,11-13H,3-5,7-9H2,1-2H3,(H,21,26)(H2,22,23,24,25)/t12-,13+,18?,19?/m0/s1. The molecule has 0 aliphatic heterocycles. The molecular weight excluding hydrogens is 346 g/mol. The van der Waals surface area contributed by atoms with Gasteiger partial charge in [0.05, 0.1) is 16.9 Å². The number of nitriles is 1. The molecule has 4 saturated carbocycles. The summed E-state index contributed by atoms with van der Waals surface area (Å²) in [6, 6.07) is 4.23. The van der Waals surface area contributed by atoms with E-state index in [9.17, 15) is 9.59 Å². The van der Waals surface area contributed by atoms with E-state index in [-0.39, 0.29) is 40.9 Å². The Balaban J connectivity index is 1.28. The minimum absolute atomic E-state index is 0.0318. The fourth-order valence-corrected chi connectivity index (χ4v) is 4.76. The van der Waals surface area contributed by atoms with Crippen LogP contribution in [0.25, 0.3) is 0 Å². The number of H-pyrrole nitrogens is 1. The molecule has 0 aromatic carbocycles. The van der Waals surface area contributed by atoms with Crippen LogP contribution in [0.2, 0.25) is 0 Å². The number of aromatic nitrogens is 2. The summed E-state index contributed by atoms with van der Waals surface area (Å²) in [4.78, 5) is 24.2. The summed E-state index contributed by atoms with van der Waals surface area (Å²) >= 11 is 0. The molecule has 5 rings (SSSR count). The molecule has 1 aromatic rings. The Bertz CT molecular complexity index is 789. The minimum Gasteiger partial charge on any atom is -0.446 e. The second kappa shape index (κ2) is 6.25. The number of hydrogen-bond acceptors (Lipinski definition) is 5. The van der Waals surface area contributed by atoms with Crippen LogP contribution in [0.15, 0.2) is 6.07 Å². The van der Waals surface area contributed by atoms with E-state index in [1.54, 1.807) is 0 Å². The molecule has 0 spiro atoms. The molecule has 8 heteroatoms. The number of nitrogens with zero attached hydrogens (tertiary/aromatic N) is 2. The van der Waals surface area contributed by atoms with Crippen molar-refractivity contribution in [2.45, 2.75) is 70.4 Å². The van der Waals surface area contributed by atoms with E-state index in [4.69, 9.17) is 10.00 Å². The Hall–Kier alpha value is -2.56. The number of ether oxygens (including phenoxy) is 1. The molecule has 8 nitrogen and oxygen atoms in total. The van der Waals surface area contributed by atoms with Crippen LogP contribution in [-0.4, -0.2) is 34.3 Å². The van der Waals surface area contributed by atoms with Crippen LogP contribution < -0.4 is 10.6 Å². The van der Waals surface area contributed by atoms with Crippen molar-refractivity contribution in [2.75, 3.05) is 5.32 Å². The first-order valence-electron chi connectivity index (χ1n) is 9.58. The highest BCUT2D eigenvalue weighted by atomic mass is 16.6. The number of aromatic amines is 1. The van der Waals surface area contributed by atoms with Crippen LogP contribution >= 0.6 is 0 Å². The predicted molar refractivity (Wildman–Crippen MR) is 96.7 cm³/mol. The summed E-state index contributed by atoms with van der Waals surface area (Å²) in [6.45, 7) is 3.79. The van der Waals surface area contributed by atoms with Crippen molar-refractivity contribution in [3.05, 3.63) is 11.8 Å². The van der Waals surface area contributed by atoms with Gasteiger partial charge in [-0.25, -0.2) is 4.79 Å². The maximum absolute atomic E-state index is 12.5. The van der Waals surface area contributed by atoms with E-state index >= 15 is 0 Å². The SMILES string of the molecule is CC(C)NC(=O)O[C@@H]1CC[C@H](c2cc(NC(=O)C34CC(C#N)(C3)C4)n[nH]2)C1. The summed E-state index contributed by atoms with van der Waals surface area (Å²) in [6.07, 6.45) is 3.99. The average molecular weight is 371 g/mol. The molecule has 1 heterocycles. The highest BCUT2D eigenvalue weighted by molar-refractivity contribution is 5.97. The molecular formula is C19H25N5O3. The van der Waals surface area contributed by atoms with Gasteiger partial charge in [-0.1, -0.05) is 0 Å². The van der Waals surface area contributed by atoms with Gasteiger partial charge in [0.25, 0.3) is 0 Å². The molecule has 27 heavy (non-hydrogen) atoms. The molecule has 4 aliphatic rings. The van der Waals surface area contributed by atoms with E-state index in [1.807, 2.05) is 19.9 Å². The van der Waals surface area contributed by atoms with Crippen molar-refractivity contribution >= 4 is 17.8 Å². The Morgan fingerprint density at radius 3 is 2.78 bits per heavy atom. The van der Waals surface area contributed by atoms with Gasteiger partial charge in [0.15, 0.2) is 5.82 Å². The normalized spacial score (nSPS) is 33.6. The van der Waals surface area contributed by atoms with Crippen molar-refractivity contribution in [3.8, 4) is 6.07 Å². The van der Waals surface area contributed by atoms with E-state index in [2.05, 4.69) is 26.9 Å². The first-order chi connectivity index (χ1) is 12.8. The fraction of sp³-hybridized carbons (Fsp3) is 0.684. The lowest BCUT2D eigenvalue weighted by Gasteiger charge is -2.65. The Kier molecular flexibility index (Phi) is 4.13. The molecule has 0 radical (unpaired) electrons. The van der Waals surface area contributed by atoms with E-state index in [1.165, 1.54) is 0 Å². The highest BCUT2D eigenvalue weighted by Crippen LogP contribution is 2.73. The Labute approximate surface area is 158 Å². The van der Waals surface area contributed by atoms with Crippen LogP contribution in [0.4, 0.5) is 10.6 Å². The third-order valence-electron chi connectivity index (χ3n) is 6.09. The zero-order valence-electron chi connectivity index (χ0n) is 15.7. The van der Waals surface area contributed by atoms with Gasteiger partial charge in [0, 0.05) is 23.7 Å². The fourth-order valence-electron chi connectivity index (χ4n) is 4.76. The number of hydrogen-bond donors (Lipinski definition) is 3. The average Bonchev–Trinajstić information content (AvgIpc) is 3.13. The molecule has 2 bridgehead atoms. The van der Waals surface area contributed by atoms with Gasteiger partial charge >= 0.3 is 6.09 Å². The van der Waals surface area contributed by atoms with Gasteiger partial charge in [-0.3, -0.25) is 9.89 Å². The minimum atomic E-state index is -0.373. The van der Waals surface area contributed by atoms with Gasteiger partial charge in [-0.2, -0.15) is 10.4 Å². The zero-order valence-corrected chi connectivity index (χ0v) is 15.7. The molecule has 2 atom stereocenters. The number of anilines is 1. The monoisotopic (exact) mass is 371 g/mol. The smallest absolute Gasteiger partial charge is 0.407 e. The third kappa shape index (κ3) is 3.15. The molecule has 1 aromatic heterocycles. The molecule has 4 fully saturated rings. The number of amides is 2. The summed E-state index contributed by atoms with van der Waals surface area (Å²) in [7, 11) is 0. The lowest BCUT2D eigenvalue weighted by atomic mass is 9.35. The van der Waals surface area contributed by atoms with Crippen LogP contribution in [0.3, 0.4) is 0 Å². The zero-order chi connectivity index (χ0) is 19.2. The largest absolute Gasteiger partial charge is 0.446 e. The summed E-state index contributed by atoms with van der Waals surface area (Å²) < 4.78 is 5.46. The quantitative estimate of drug-likeness (QED) is 0.735. The Morgan fingerprint density at radius 1 is 1.37 bits per heavy atom. The van der Waals surface area contributed by atoms with Gasteiger partial charge in [0.1, 0.15) is 6.10 Å². The van der Waals surface area contributed by atoms with Crippen LogP contribution in [0.5, 0.6) is 0 Å². The van der Waals surface area contributed by atoms with Gasteiger partial charge in [-0.05, 0) is 52.4 Å². The second-order valence-electron chi connectivity index (χ2n) is 8.70. The maximum atomic E-state index is 12.5. The molecule has 144 valence electrons. The van der Waals surface area contributed by atoms with Crippen molar-refractivity contribution in [3.63, 3.8) is 0 Å². The summed E-state index contributed by atoms with van der Waals surface area (Å²) in [5.41, 5.74) is 0.353. The second-order valence-corrected chi connectivity index (χ2v) is 8.70. The van der Waals surface area contributed by atoms with E-state index in [0.717, 1.165) is 25.0 Å². The first kappa shape index (κ1) is 17.8. The van der Waals surface area contributed by atoms with Crippen LogP contribution in [0, 0.1) is 22.2 Å². The molecule has 3 N–H and O–H groups in total. The van der Waals surface area contributed by atoms with Gasteiger partial charge in [-0.15, -0.1) is 0 Å². The highest BCUT2D eigenvalue weighted by Gasteiger charge is 2.72. The van der Waals surface area contributed by atoms with E-state index < -0.39 is 0 Å². The number of carbonyl (C=O) groups is 2. The first-order valence-corrected chi connectivity index (χ1v) is 9.58. The topological polar surface area (TPSA) is 120 Å². The lowest BCUT2D eigenvalue weighted by Crippen LogP contribution is -2.66. The summed E-state index contributed by atoms with van der Waals surface area (Å²) in [5.74, 6) is 0.722. The summed E-state index contributed by atoms with van der Waals surface area (Å²) in [5, 5.41) is 21.9. The van der Waals surface area contributed by atoms with Crippen molar-refractivity contribution in [2.24, 2.45) is 10.8 Å². The van der Waals surface area contributed by atoms with Gasteiger partial charge in [0.2, 0.25) is 5.91 Å². The third-order valence-corrected chi connectivity index (χ3v) is 6.09. The number of rotatable bonds is 5. The molecule has 0 saturated heterocycles. The lowest BCUT2D eigenvalue weighted by molar-refractivity contribution is -0.179. The Morgan fingerprint density at radius 2 is 2.11 bits per heavy atom. The van der Waals surface area contributed by atoms with Crippen LogP contribution in [0.1, 0.15) is 64.0 Å². The number of alkyl carbamates (subject to hydrolysis) is 1. The maximum Gasteiger partial charge on any atom is 0.407 e. The number of carbonyl (C=O) groups excluding carboxylic acids is 2. The molecule has 0 unspecified atom stereocenters. The number of nitrogens with one attached hydrogen (secondary N) is 3. The molecule has 2 amide bonds. The van der Waals surface area contributed by atoms with Crippen molar-refractivity contribution in [1.82, 2.24) is 15.5 Å². The molecule has 4 aliphatic carbocycles. The van der Waals surface area contributed by atoms with E-state index in [0.29, 0.717) is 25.1 Å².